The van der Waals surface area contributed by atoms with Gasteiger partial charge >= 0.3 is 5.97 Å². The largest absolute Gasteiger partial charge is 0.481 e. The van der Waals surface area contributed by atoms with Crippen LogP contribution in [-0.4, -0.2) is 17.9 Å². The Morgan fingerprint density at radius 1 is 1.35 bits per heavy atom. The molecule has 90 valence electrons. The highest BCUT2D eigenvalue weighted by Crippen LogP contribution is 2.48. The van der Waals surface area contributed by atoms with Crippen molar-refractivity contribution in [3.05, 3.63) is 23.5 Å². The van der Waals surface area contributed by atoms with Gasteiger partial charge in [-0.15, -0.1) is 0 Å². The molecule has 0 spiro atoms. The van der Waals surface area contributed by atoms with E-state index in [0.29, 0.717) is 18.6 Å². The van der Waals surface area contributed by atoms with Crippen molar-refractivity contribution in [3.8, 4) is 11.5 Å². The van der Waals surface area contributed by atoms with Crippen molar-refractivity contribution < 1.29 is 23.8 Å². The van der Waals surface area contributed by atoms with Crippen LogP contribution in [-0.2, 0) is 10.2 Å². The smallest absolute Gasteiger partial charge is 0.314 e. The summed E-state index contributed by atoms with van der Waals surface area (Å²) in [6.45, 7) is -0.0181. The molecule has 17 heavy (non-hydrogen) atoms. The molecule has 1 heterocycles. The van der Waals surface area contributed by atoms with E-state index < -0.39 is 17.2 Å². The highest BCUT2D eigenvalue weighted by Gasteiger charge is 2.48. The highest BCUT2D eigenvalue weighted by atomic mass is 19.1. The molecule has 1 saturated carbocycles. The quantitative estimate of drug-likeness (QED) is 0.856. The fourth-order valence-electron chi connectivity index (χ4n) is 2.44. The number of carboxylic acid groups (broad SMARTS) is 1. The van der Waals surface area contributed by atoms with Gasteiger partial charge in [0.2, 0.25) is 12.5 Å². The van der Waals surface area contributed by atoms with Crippen molar-refractivity contribution in [2.75, 3.05) is 6.79 Å². The number of halogens is 1. The predicted molar refractivity (Wildman–Crippen MR) is 55.7 cm³/mol. The lowest BCUT2D eigenvalue weighted by Crippen LogP contribution is -2.43. The molecule has 1 aliphatic heterocycles. The highest BCUT2D eigenvalue weighted by molar-refractivity contribution is 5.83. The lowest BCUT2D eigenvalue weighted by atomic mass is 9.64. The number of ether oxygens (including phenoxy) is 2. The summed E-state index contributed by atoms with van der Waals surface area (Å²) < 4.78 is 24.3. The molecule has 5 heteroatoms. The molecule has 0 aromatic heterocycles. The molecular weight excluding hydrogens is 227 g/mol. The van der Waals surface area contributed by atoms with E-state index in [4.69, 9.17) is 9.47 Å². The number of hydrogen-bond donors (Lipinski definition) is 1. The lowest BCUT2D eigenvalue weighted by molar-refractivity contribution is -0.147. The number of fused-ring (bicyclic) bond motifs is 1. The van der Waals surface area contributed by atoms with Crippen LogP contribution in [0.25, 0.3) is 0 Å². The van der Waals surface area contributed by atoms with Gasteiger partial charge in [0.25, 0.3) is 0 Å². The van der Waals surface area contributed by atoms with E-state index in [9.17, 15) is 14.3 Å². The normalized spacial score (nSPS) is 19.8. The molecule has 0 unspecified atom stereocenters. The van der Waals surface area contributed by atoms with Crippen molar-refractivity contribution in [2.45, 2.75) is 24.7 Å². The Morgan fingerprint density at radius 2 is 2.12 bits per heavy atom. The van der Waals surface area contributed by atoms with Gasteiger partial charge in [-0.05, 0) is 18.9 Å². The third-order valence-electron chi connectivity index (χ3n) is 3.61. The van der Waals surface area contributed by atoms with Crippen LogP contribution in [0, 0.1) is 5.82 Å². The molecule has 0 amide bonds. The molecule has 0 radical (unpaired) electrons. The second-order valence-corrected chi connectivity index (χ2v) is 4.40. The van der Waals surface area contributed by atoms with Crippen LogP contribution in [0.15, 0.2) is 12.1 Å². The first kappa shape index (κ1) is 10.4. The van der Waals surface area contributed by atoms with Gasteiger partial charge in [0.1, 0.15) is 0 Å². The van der Waals surface area contributed by atoms with Crippen LogP contribution in [0.2, 0.25) is 0 Å². The molecule has 1 fully saturated rings. The van der Waals surface area contributed by atoms with Crippen LogP contribution in [0.4, 0.5) is 4.39 Å². The van der Waals surface area contributed by atoms with Crippen LogP contribution in [0.5, 0.6) is 11.5 Å². The molecular formula is C12H11FO4. The average Bonchev–Trinajstić information content (AvgIpc) is 2.67. The van der Waals surface area contributed by atoms with Crippen molar-refractivity contribution >= 4 is 5.97 Å². The van der Waals surface area contributed by atoms with Gasteiger partial charge in [-0.1, -0.05) is 12.5 Å². The van der Waals surface area contributed by atoms with E-state index >= 15 is 0 Å². The fraction of sp³-hybridized carbons (Fsp3) is 0.417. The third-order valence-corrected chi connectivity index (χ3v) is 3.61. The monoisotopic (exact) mass is 238 g/mol. The molecule has 1 aliphatic carbocycles. The zero-order valence-electron chi connectivity index (χ0n) is 9.03. The van der Waals surface area contributed by atoms with E-state index in [1.54, 1.807) is 6.07 Å². The van der Waals surface area contributed by atoms with E-state index in [2.05, 4.69) is 0 Å². The molecule has 1 N–H and O–H groups in total. The van der Waals surface area contributed by atoms with Gasteiger partial charge in [-0.25, -0.2) is 4.39 Å². The second kappa shape index (κ2) is 3.35. The first-order valence-electron chi connectivity index (χ1n) is 5.47. The van der Waals surface area contributed by atoms with Crippen molar-refractivity contribution in [1.82, 2.24) is 0 Å². The van der Waals surface area contributed by atoms with Crippen LogP contribution in [0.1, 0.15) is 24.8 Å². The summed E-state index contributed by atoms with van der Waals surface area (Å²) in [4.78, 5) is 11.3. The number of rotatable bonds is 2. The summed E-state index contributed by atoms with van der Waals surface area (Å²) in [5.41, 5.74) is -0.870. The van der Waals surface area contributed by atoms with Crippen molar-refractivity contribution in [1.29, 1.82) is 0 Å². The maximum absolute atomic E-state index is 14.2. The number of carbonyl (C=O) groups is 1. The molecule has 0 bridgehead atoms. The Hall–Kier alpha value is -1.78. The number of aliphatic carboxylic acids is 1. The minimum atomic E-state index is -1.08. The number of hydrogen-bond acceptors (Lipinski definition) is 3. The summed E-state index contributed by atoms with van der Waals surface area (Å²) in [5, 5.41) is 9.27. The van der Waals surface area contributed by atoms with E-state index in [1.807, 2.05) is 0 Å². The Labute approximate surface area is 97.0 Å². The number of carboxylic acids is 1. The Morgan fingerprint density at radius 3 is 2.71 bits per heavy atom. The summed E-state index contributed by atoms with van der Waals surface area (Å²) >= 11 is 0. The molecule has 3 rings (SSSR count). The maximum Gasteiger partial charge on any atom is 0.314 e. The Balaban J connectivity index is 2.12. The van der Waals surface area contributed by atoms with Crippen LogP contribution < -0.4 is 9.47 Å². The Bertz CT molecular complexity index is 494. The maximum atomic E-state index is 14.2. The third kappa shape index (κ3) is 1.25. The van der Waals surface area contributed by atoms with E-state index in [1.165, 1.54) is 6.07 Å². The lowest BCUT2D eigenvalue weighted by Gasteiger charge is -2.38. The van der Waals surface area contributed by atoms with Crippen LogP contribution >= 0.6 is 0 Å². The SMILES string of the molecule is O=C(O)C1(c2ccc3c(c2F)OCO3)CCC1. The van der Waals surface area contributed by atoms with Crippen molar-refractivity contribution in [3.63, 3.8) is 0 Å². The average molecular weight is 238 g/mol. The van der Waals surface area contributed by atoms with Gasteiger partial charge in [-0.2, -0.15) is 0 Å². The summed E-state index contributed by atoms with van der Waals surface area (Å²) in [6, 6.07) is 3.07. The summed E-state index contributed by atoms with van der Waals surface area (Å²) in [6.07, 6.45) is 1.75. The zero-order chi connectivity index (χ0) is 12.0. The molecule has 1 aromatic carbocycles. The minimum Gasteiger partial charge on any atom is -0.481 e. The molecule has 2 aliphatic rings. The standard InChI is InChI=1S/C12H11FO4/c13-9-7(12(11(14)15)4-1-5-12)2-3-8-10(9)17-6-16-8/h2-3H,1,4-6H2,(H,14,15). The van der Waals surface area contributed by atoms with Gasteiger partial charge in [0.15, 0.2) is 11.6 Å². The van der Waals surface area contributed by atoms with Gasteiger partial charge in [-0.3, -0.25) is 4.79 Å². The van der Waals surface area contributed by atoms with Gasteiger partial charge in [0.05, 0.1) is 5.41 Å². The summed E-state index contributed by atoms with van der Waals surface area (Å²) in [5.74, 6) is -1.19. The Kier molecular flexibility index (Phi) is 2.05. The van der Waals surface area contributed by atoms with Gasteiger partial charge < -0.3 is 14.6 Å². The number of benzene rings is 1. The minimum absolute atomic E-state index is 0.0181. The predicted octanol–water partition coefficient (Wildman–Crippen LogP) is 2.06. The first-order valence-corrected chi connectivity index (χ1v) is 5.47. The van der Waals surface area contributed by atoms with E-state index in [0.717, 1.165) is 6.42 Å². The second-order valence-electron chi connectivity index (χ2n) is 4.40. The zero-order valence-corrected chi connectivity index (χ0v) is 9.03. The molecule has 1 aromatic rings. The van der Waals surface area contributed by atoms with E-state index in [-0.39, 0.29) is 18.1 Å². The molecule has 0 atom stereocenters. The molecule has 0 saturated heterocycles. The fourth-order valence-corrected chi connectivity index (χ4v) is 2.44. The summed E-state index contributed by atoms with van der Waals surface area (Å²) in [7, 11) is 0. The van der Waals surface area contributed by atoms with Crippen LogP contribution in [0.3, 0.4) is 0 Å². The van der Waals surface area contributed by atoms with Crippen molar-refractivity contribution in [2.24, 2.45) is 0 Å². The topological polar surface area (TPSA) is 55.8 Å². The molecule has 4 nitrogen and oxygen atoms in total. The van der Waals surface area contributed by atoms with Gasteiger partial charge in [0, 0.05) is 5.56 Å². The first-order chi connectivity index (χ1) is 8.15.